The van der Waals surface area contributed by atoms with Gasteiger partial charge in [-0.2, -0.15) is 11.8 Å². The van der Waals surface area contributed by atoms with Crippen LogP contribution in [0, 0.1) is 10.1 Å². The lowest BCUT2D eigenvalue weighted by Gasteiger charge is -2.10. The van der Waals surface area contributed by atoms with Crippen LogP contribution in [0.4, 0.5) is 0 Å². The number of aromatic nitrogens is 1. The molecule has 1 aromatic rings. The third-order valence-corrected chi connectivity index (χ3v) is 5.12. The zero-order valence-electron chi connectivity index (χ0n) is 15.6. The molecule has 162 valence electrons. The predicted octanol–water partition coefficient (Wildman–Crippen LogP) is 1.99. The van der Waals surface area contributed by atoms with Gasteiger partial charge in [0.15, 0.2) is 12.1 Å². The Morgan fingerprint density at radius 3 is 2.57 bits per heavy atom. The van der Waals surface area contributed by atoms with E-state index >= 15 is 0 Å². The van der Waals surface area contributed by atoms with Gasteiger partial charge in [-0.15, -0.1) is 11.3 Å². The quantitative estimate of drug-likeness (QED) is 0.126. The molecule has 0 radical (unpaired) electrons. The Hall–Kier alpha value is -0.530. The van der Waals surface area contributed by atoms with Gasteiger partial charge in [-0.3, -0.25) is 10.1 Å². The summed E-state index contributed by atoms with van der Waals surface area (Å²) in [6.07, 6.45) is -0.976. The molecule has 0 spiro atoms. The first kappa shape index (κ1) is 27.5. The molecule has 0 bridgehead atoms. The van der Waals surface area contributed by atoms with Crippen LogP contribution in [0.3, 0.4) is 0 Å². The second kappa shape index (κ2) is 14.5. The molecule has 0 aliphatic carbocycles. The van der Waals surface area contributed by atoms with E-state index in [9.17, 15) is 10.1 Å². The van der Waals surface area contributed by atoms with Crippen LogP contribution in [-0.4, -0.2) is 68.5 Å². The van der Waals surface area contributed by atoms with Gasteiger partial charge in [0.05, 0.1) is 10.6 Å². The first-order valence-electron chi connectivity index (χ1n) is 7.81. The maximum Gasteiger partial charge on any atom is 0.274 e. The smallest absolute Gasteiger partial charge is 0.274 e. The van der Waals surface area contributed by atoms with E-state index in [-0.39, 0.29) is 0 Å². The van der Waals surface area contributed by atoms with Crippen molar-refractivity contribution >= 4 is 57.9 Å². The van der Waals surface area contributed by atoms with Crippen molar-refractivity contribution in [2.45, 2.75) is 22.4 Å². The van der Waals surface area contributed by atoms with Crippen LogP contribution in [-0.2, 0) is 12.3 Å². The summed E-state index contributed by atoms with van der Waals surface area (Å²) in [6, 6.07) is 0. The summed E-state index contributed by atoms with van der Waals surface area (Å²) in [5.74, 6) is 2.14. The highest BCUT2D eigenvalue weighted by Crippen LogP contribution is 2.28. The van der Waals surface area contributed by atoms with Crippen molar-refractivity contribution in [1.82, 2.24) is 20.5 Å². The number of aliphatic hydroxyl groups excluding tert-OH is 1. The number of thioether (sulfide) groups is 1. The van der Waals surface area contributed by atoms with Gasteiger partial charge in [-0.1, -0.05) is 34.8 Å². The molecule has 1 heterocycles. The second-order valence-corrected chi connectivity index (χ2v) is 9.86. The van der Waals surface area contributed by atoms with Crippen LogP contribution in [0.1, 0.15) is 10.7 Å². The molecule has 1 aromatic heterocycles. The highest BCUT2D eigenvalue weighted by atomic mass is 35.6. The maximum atomic E-state index is 10.4. The van der Waals surface area contributed by atoms with Crippen LogP contribution in [0.2, 0.25) is 0 Å². The number of nitro groups is 1. The Morgan fingerprint density at radius 1 is 1.50 bits per heavy atom. The van der Waals surface area contributed by atoms with Crippen molar-refractivity contribution in [3.63, 3.8) is 0 Å². The van der Waals surface area contributed by atoms with Gasteiger partial charge in [0, 0.05) is 37.0 Å². The first-order valence-corrected chi connectivity index (χ1v) is 11.0. The molecule has 9 nitrogen and oxygen atoms in total. The average Bonchev–Trinajstić information content (AvgIpc) is 2.99. The number of rotatable bonds is 10. The summed E-state index contributed by atoms with van der Waals surface area (Å²) in [6.45, 7) is 1.54. The van der Waals surface area contributed by atoms with E-state index in [0.717, 1.165) is 35.0 Å². The lowest BCUT2D eigenvalue weighted by atomic mass is 10.5. The van der Waals surface area contributed by atoms with Crippen LogP contribution >= 0.6 is 57.9 Å². The molecule has 0 fully saturated rings. The zero-order chi connectivity index (χ0) is 21.7. The molecular formula is C14H24Cl3N5O4S2. The molecule has 14 heteroatoms. The fourth-order valence-electron chi connectivity index (χ4n) is 1.50. The first-order chi connectivity index (χ1) is 13.0. The molecular weight excluding hydrogens is 473 g/mol. The van der Waals surface area contributed by atoms with E-state index in [0.29, 0.717) is 12.4 Å². The Labute approximate surface area is 187 Å². The normalized spacial score (nSPS) is 12.0. The molecule has 4 N–H and O–H groups in total. The van der Waals surface area contributed by atoms with Crippen molar-refractivity contribution in [3.05, 3.63) is 38.2 Å². The van der Waals surface area contributed by atoms with E-state index in [4.69, 9.17) is 45.0 Å². The summed E-state index contributed by atoms with van der Waals surface area (Å²) in [5.41, 5.74) is 1.09. The Morgan fingerprint density at radius 2 is 2.11 bits per heavy atom. The number of nitrogens with one attached hydrogen (secondary N) is 2. The summed E-state index contributed by atoms with van der Waals surface area (Å²) in [7, 11) is 5.70. The Balaban J connectivity index is 0.000000887. The largest absolute Gasteiger partial charge is 0.370 e. The van der Waals surface area contributed by atoms with Gasteiger partial charge in [-0.05, 0) is 14.1 Å². The predicted molar refractivity (Wildman–Crippen MR) is 116 cm³/mol. The molecule has 0 saturated carbocycles. The molecule has 0 aliphatic rings. The molecule has 0 amide bonds. The molecule has 0 saturated heterocycles. The van der Waals surface area contributed by atoms with Crippen LogP contribution in [0.25, 0.3) is 0 Å². The standard InChI is InChI=1S/C12H21N5O2S2.C2H3Cl3O2/c1-13-11(6-17(18)19)14-4-5-20-8-10-9-21-12(15-10)7-16(2)3;3-2(4,5)1(6)7/h6,9,13-14H,4-5,7-8H2,1-3H3;1,6-7H/b11-6+;. The Kier molecular flexibility index (Phi) is 14.2. The van der Waals surface area contributed by atoms with Gasteiger partial charge in [0.2, 0.25) is 3.79 Å². The lowest BCUT2D eigenvalue weighted by Crippen LogP contribution is -2.26. The summed E-state index contributed by atoms with van der Waals surface area (Å²) >= 11 is 18.1. The Bertz CT molecular complexity index is 612. The van der Waals surface area contributed by atoms with E-state index < -0.39 is 15.0 Å². The van der Waals surface area contributed by atoms with Crippen molar-refractivity contribution < 1.29 is 15.1 Å². The number of hydrogen-bond acceptors (Lipinski definition) is 10. The number of aliphatic hydroxyl groups is 2. The van der Waals surface area contributed by atoms with E-state index in [1.807, 2.05) is 14.1 Å². The second-order valence-electron chi connectivity index (χ2n) is 5.44. The van der Waals surface area contributed by atoms with E-state index in [2.05, 4.69) is 25.9 Å². The van der Waals surface area contributed by atoms with E-state index in [1.165, 1.54) is 0 Å². The average molecular weight is 497 g/mol. The molecule has 1 rings (SSSR count). The SMILES string of the molecule is CN/C(=C\[N+](=O)[O-])NCCSCc1csc(CN(C)C)n1.OC(O)C(Cl)(Cl)Cl. The number of hydrogen-bond donors (Lipinski definition) is 4. The highest BCUT2D eigenvalue weighted by molar-refractivity contribution is 7.98. The van der Waals surface area contributed by atoms with Crippen molar-refractivity contribution in [2.24, 2.45) is 0 Å². The third kappa shape index (κ3) is 14.5. The van der Waals surface area contributed by atoms with Crippen LogP contribution < -0.4 is 10.6 Å². The third-order valence-electron chi connectivity index (χ3n) is 2.66. The maximum absolute atomic E-state index is 10.4. The topological polar surface area (TPSA) is 124 Å². The lowest BCUT2D eigenvalue weighted by molar-refractivity contribution is -0.404. The molecule has 0 aromatic carbocycles. The summed E-state index contributed by atoms with van der Waals surface area (Å²) < 4.78 is -1.97. The number of alkyl halides is 3. The van der Waals surface area contributed by atoms with Gasteiger partial charge in [0.25, 0.3) is 6.20 Å². The molecule has 28 heavy (non-hydrogen) atoms. The van der Waals surface area contributed by atoms with Crippen molar-refractivity contribution in [3.8, 4) is 0 Å². The van der Waals surface area contributed by atoms with Gasteiger partial charge in [0.1, 0.15) is 5.01 Å². The fourth-order valence-corrected chi connectivity index (χ4v) is 3.26. The minimum Gasteiger partial charge on any atom is -0.370 e. The monoisotopic (exact) mass is 495 g/mol. The van der Waals surface area contributed by atoms with Gasteiger partial charge >= 0.3 is 0 Å². The highest BCUT2D eigenvalue weighted by Gasteiger charge is 2.28. The number of thiazole rings is 1. The summed E-state index contributed by atoms with van der Waals surface area (Å²) in [4.78, 5) is 16.5. The molecule has 0 atom stereocenters. The molecule has 0 unspecified atom stereocenters. The number of halogens is 3. The number of nitrogens with zero attached hydrogens (tertiary/aromatic N) is 3. The summed E-state index contributed by atoms with van der Waals surface area (Å²) in [5, 5.41) is 35.4. The minimum absolute atomic E-state index is 0.419. The van der Waals surface area contributed by atoms with E-state index in [1.54, 1.807) is 30.1 Å². The van der Waals surface area contributed by atoms with Crippen molar-refractivity contribution in [1.29, 1.82) is 0 Å². The fraction of sp³-hybridized carbons (Fsp3) is 0.643. The van der Waals surface area contributed by atoms with Gasteiger partial charge in [-0.25, -0.2) is 4.98 Å². The van der Waals surface area contributed by atoms with Crippen molar-refractivity contribution in [2.75, 3.05) is 33.4 Å². The molecule has 0 aliphatic heterocycles. The minimum atomic E-state index is -1.97. The van der Waals surface area contributed by atoms with Gasteiger partial charge < -0.3 is 25.7 Å². The zero-order valence-corrected chi connectivity index (χ0v) is 19.5. The van der Waals surface area contributed by atoms with Crippen LogP contribution in [0.5, 0.6) is 0 Å². The van der Waals surface area contributed by atoms with Crippen LogP contribution in [0.15, 0.2) is 17.4 Å².